The fourth-order valence-electron chi connectivity index (χ4n) is 3.02. The summed E-state index contributed by atoms with van der Waals surface area (Å²) in [5.41, 5.74) is 1.82. The lowest BCUT2D eigenvalue weighted by atomic mass is 9.94. The second-order valence-electron chi connectivity index (χ2n) is 7.09. The zero-order valence-electron chi connectivity index (χ0n) is 14.9. The van der Waals surface area contributed by atoms with Gasteiger partial charge in [-0.1, -0.05) is 29.8 Å². The summed E-state index contributed by atoms with van der Waals surface area (Å²) >= 11 is 6.12. The largest absolute Gasteiger partial charge is 0.488 e. The fraction of sp³-hybridized carbons (Fsp3) is 0.263. The smallest absolute Gasteiger partial charge is 0.263 e. The summed E-state index contributed by atoms with van der Waals surface area (Å²) in [5, 5.41) is -0.00683. The number of aromatic nitrogens is 2. The third-order valence-electron chi connectivity index (χ3n) is 4.49. The number of hydrogen-bond acceptors (Lipinski definition) is 5. The second-order valence-corrected chi connectivity index (χ2v) is 9.13. The van der Waals surface area contributed by atoms with Gasteiger partial charge in [0.25, 0.3) is 10.0 Å². The van der Waals surface area contributed by atoms with Crippen molar-refractivity contribution in [2.45, 2.75) is 37.2 Å². The van der Waals surface area contributed by atoms with E-state index in [0.717, 1.165) is 18.4 Å². The summed E-state index contributed by atoms with van der Waals surface area (Å²) in [6.07, 6.45) is 1.73. The van der Waals surface area contributed by atoms with Crippen LogP contribution in [0.1, 0.15) is 25.8 Å². The molecule has 1 aromatic heterocycles. The molecule has 0 radical (unpaired) electrons. The van der Waals surface area contributed by atoms with E-state index in [-0.39, 0.29) is 21.5 Å². The first-order chi connectivity index (χ1) is 12.7. The topological polar surface area (TPSA) is 81.2 Å². The van der Waals surface area contributed by atoms with Gasteiger partial charge in [0.05, 0.1) is 15.9 Å². The molecule has 0 amide bonds. The van der Waals surface area contributed by atoms with Crippen molar-refractivity contribution in [1.82, 2.24) is 9.97 Å². The Bertz CT molecular complexity index is 1150. The van der Waals surface area contributed by atoms with Crippen molar-refractivity contribution in [2.24, 2.45) is 0 Å². The molecule has 0 spiro atoms. The quantitative estimate of drug-likeness (QED) is 0.709. The van der Waals surface area contributed by atoms with Crippen molar-refractivity contribution in [2.75, 3.05) is 4.72 Å². The summed E-state index contributed by atoms with van der Waals surface area (Å²) in [5.74, 6) is 0.583. The average Bonchev–Trinajstić information content (AvgIpc) is 2.60. The Balaban J connectivity index is 1.69. The van der Waals surface area contributed by atoms with Gasteiger partial charge >= 0.3 is 0 Å². The van der Waals surface area contributed by atoms with Crippen molar-refractivity contribution < 1.29 is 13.2 Å². The van der Waals surface area contributed by atoms with Crippen LogP contribution >= 0.6 is 11.6 Å². The van der Waals surface area contributed by atoms with Gasteiger partial charge in [-0.3, -0.25) is 4.72 Å². The number of para-hydroxylation sites is 2. The molecule has 8 heteroatoms. The Morgan fingerprint density at radius 3 is 2.56 bits per heavy atom. The third-order valence-corrected chi connectivity index (χ3v) is 6.09. The molecule has 27 heavy (non-hydrogen) atoms. The Kier molecular flexibility index (Phi) is 4.24. The van der Waals surface area contributed by atoms with Gasteiger partial charge in [0, 0.05) is 6.07 Å². The van der Waals surface area contributed by atoms with E-state index in [0.29, 0.717) is 16.8 Å². The molecule has 0 saturated heterocycles. The molecule has 0 fully saturated rings. The molecule has 1 aliphatic heterocycles. The van der Waals surface area contributed by atoms with E-state index < -0.39 is 10.0 Å². The van der Waals surface area contributed by atoms with Crippen LogP contribution in [-0.2, 0) is 16.4 Å². The van der Waals surface area contributed by atoms with Crippen molar-refractivity contribution in [1.29, 1.82) is 0 Å². The molecule has 3 aromatic rings. The Morgan fingerprint density at radius 1 is 1.11 bits per heavy atom. The minimum Gasteiger partial charge on any atom is -0.488 e. The summed E-state index contributed by atoms with van der Waals surface area (Å²) in [6, 6.07) is 12.0. The van der Waals surface area contributed by atoms with Crippen LogP contribution in [0.15, 0.2) is 47.4 Å². The first-order valence-corrected chi connectivity index (χ1v) is 10.4. The van der Waals surface area contributed by atoms with Crippen LogP contribution < -0.4 is 9.46 Å². The predicted molar refractivity (Wildman–Crippen MR) is 105 cm³/mol. The molecule has 0 aliphatic carbocycles. The number of fused-ring (bicyclic) bond motifs is 2. The number of sulfonamides is 1. The number of ether oxygens (including phenoxy) is 1. The van der Waals surface area contributed by atoms with Crippen LogP contribution in [-0.4, -0.2) is 24.0 Å². The maximum Gasteiger partial charge on any atom is 0.263 e. The van der Waals surface area contributed by atoms with E-state index in [9.17, 15) is 8.42 Å². The van der Waals surface area contributed by atoms with Crippen LogP contribution in [0.3, 0.4) is 0 Å². The zero-order valence-corrected chi connectivity index (χ0v) is 16.4. The van der Waals surface area contributed by atoms with E-state index >= 15 is 0 Å². The highest BCUT2D eigenvalue weighted by Gasteiger charge is 2.28. The van der Waals surface area contributed by atoms with Gasteiger partial charge in [0.15, 0.2) is 11.0 Å². The van der Waals surface area contributed by atoms with Crippen LogP contribution in [0.5, 0.6) is 5.75 Å². The molecule has 1 N–H and O–H groups in total. The predicted octanol–water partition coefficient (Wildman–Crippen LogP) is 4.19. The Morgan fingerprint density at radius 2 is 1.81 bits per heavy atom. The Labute approximate surface area is 162 Å². The number of hydrogen-bond donors (Lipinski definition) is 1. The number of nitrogens with zero attached hydrogens (tertiary/aromatic N) is 2. The van der Waals surface area contributed by atoms with E-state index in [4.69, 9.17) is 16.3 Å². The minimum atomic E-state index is -3.89. The molecule has 1 aliphatic rings. The summed E-state index contributed by atoms with van der Waals surface area (Å²) in [7, 11) is -3.89. The lowest BCUT2D eigenvalue weighted by Crippen LogP contribution is -2.32. The molecule has 0 saturated carbocycles. The van der Waals surface area contributed by atoms with Gasteiger partial charge in [0.2, 0.25) is 0 Å². The SMILES string of the molecule is CC1(C)CCc2ccc(S(=O)(=O)Nc3nc4ccccc4nc3Cl)cc2O1. The van der Waals surface area contributed by atoms with Gasteiger partial charge in [-0.25, -0.2) is 18.4 Å². The van der Waals surface area contributed by atoms with E-state index in [1.54, 1.807) is 36.4 Å². The van der Waals surface area contributed by atoms with Crippen LogP contribution in [0.25, 0.3) is 11.0 Å². The highest BCUT2D eigenvalue weighted by Crippen LogP contribution is 2.35. The normalized spacial score (nSPS) is 15.8. The maximum absolute atomic E-state index is 12.8. The number of halogens is 1. The third kappa shape index (κ3) is 3.57. The van der Waals surface area contributed by atoms with Crippen LogP contribution in [0.2, 0.25) is 5.15 Å². The number of nitrogens with one attached hydrogen (secondary N) is 1. The van der Waals surface area contributed by atoms with Crippen molar-refractivity contribution in [3.63, 3.8) is 0 Å². The second kappa shape index (κ2) is 6.35. The lowest BCUT2D eigenvalue weighted by Gasteiger charge is -2.32. The average molecular weight is 404 g/mol. The van der Waals surface area contributed by atoms with E-state index in [2.05, 4.69) is 14.7 Å². The minimum absolute atomic E-state index is 0.00524. The molecule has 4 rings (SSSR count). The molecule has 0 atom stereocenters. The van der Waals surface area contributed by atoms with Gasteiger partial charge < -0.3 is 4.74 Å². The molecule has 2 aromatic carbocycles. The zero-order chi connectivity index (χ0) is 19.2. The summed E-state index contributed by atoms with van der Waals surface area (Å²) < 4.78 is 34.1. The molecule has 0 bridgehead atoms. The lowest BCUT2D eigenvalue weighted by molar-refractivity contribution is 0.0843. The Hall–Kier alpha value is -2.38. The molecule has 2 heterocycles. The number of rotatable bonds is 3. The molecular weight excluding hydrogens is 386 g/mol. The van der Waals surface area contributed by atoms with Gasteiger partial charge in [-0.05, 0) is 50.5 Å². The first-order valence-electron chi connectivity index (χ1n) is 8.51. The monoisotopic (exact) mass is 403 g/mol. The van der Waals surface area contributed by atoms with E-state index in [1.807, 2.05) is 19.9 Å². The van der Waals surface area contributed by atoms with E-state index in [1.165, 1.54) is 0 Å². The summed E-state index contributed by atoms with van der Waals surface area (Å²) in [6.45, 7) is 3.97. The van der Waals surface area contributed by atoms with Crippen molar-refractivity contribution in [3.8, 4) is 5.75 Å². The highest BCUT2D eigenvalue weighted by molar-refractivity contribution is 7.92. The molecule has 140 valence electrons. The first kappa shape index (κ1) is 18.0. The fourth-order valence-corrected chi connectivity index (χ4v) is 4.28. The van der Waals surface area contributed by atoms with Crippen molar-refractivity contribution >= 4 is 38.5 Å². The highest BCUT2D eigenvalue weighted by atomic mass is 35.5. The molecule has 0 unspecified atom stereocenters. The summed E-state index contributed by atoms with van der Waals surface area (Å²) in [4.78, 5) is 8.56. The van der Waals surface area contributed by atoms with Gasteiger partial charge in [-0.15, -0.1) is 0 Å². The van der Waals surface area contributed by atoms with Crippen LogP contribution in [0.4, 0.5) is 5.82 Å². The number of benzene rings is 2. The van der Waals surface area contributed by atoms with Gasteiger partial charge in [-0.2, -0.15) is 0 Å². The standard InChI is InChI=1S/C19H18ClN3O3S/c1-19(2)10-9-12-7-8-13(11-16(12)26-19)27(24,25)23-18-17(20)21-14-5-3-4-6-15(14)22-18/h3-8,11H,9-10H2,1-2H3,(H,22,23). The molecular formula is C19H18ClN3O3S. The van der Waals surface area contributed by atoms with Crippen LogP contribution in [0, 0.1) is 0 Å². The maximum atomic E-state index is 12.8. The number of anilines is 1. The molecule has 6 nitrogen and oxygen atoms in total. The van der Waals surface area contributed by atoms with Crippen molar-refractivity contribution in [3.05, 3.63) is 53.2 Å². The number of aryl methyl sites for hydroxylation is 1. The van der Waals surface area contributed by atoms with Gasteiger partial charge in [0.1, 0.15) is 11.4 Å².